The minimum atomic E-state index is -0.328. The SMILES string of the molecule is O=C(c1cc(-c2ccccc2)no1)N1CCCCC1C1OCCO1. The summed E-state index contributed by atoms with van der Waals surface area (Å²) in [5.74, 6) is 0.118. The lowest BCUT2D eigenvalue weighted by Crippen LogP contribution is -2.50. The second kappa shape index (κ2) is 6.75. The van der Waals surface area contributed by atoms with Gasteiger partial charge < -0.3 is 18.9 Å². The molecule has 1 aromatic heterocycles. The van der Waals surface area contributed by atoms with E-state index in [0.717, 1.165) is 24.8 Å². The van der Waals surface area contributed by atoms with Crippen LogP contribution in [0.15, 0.2) is 40.9 Å². The highest BCUT2D eigenvalue weighted by atomic mass is 16.7. The molecule has 0 saturated carbocycles. The van der Waals surface area contributed by atoms with Gasteiger partial charge in [0, 0.05) is 18.2 Å². The van der Waals surface area contributed by atoms with Gasteiger partial charge in [0.05, 0.1) is 19.3 Å². The zero-order valence-corrected chi connectivity index (χ0v) is 13.4. The van der Waals surface area contributed by atoms with Gasteiger partial charge in [-0.1, -0.05) is 35.5 Å². The van der Waals surface area contributed by atoms with Crippen LogP contribution in [0.3, 0.4) is 0 Å². The molecule has 1 amide bonds. The third kappa shape index (κ3) is 2.95. The number of aromatic nitrogens is 1. The maximum absolute atomic E-state index is 12.9. The van der Waals surface area contributed by atoms with Gasteiger partial charge in [-0.3, -0.25) is 4.79 Å². The maximum atomic E-state index is 12.9. The Kier molecular flexibility index (Phi) is 4.32. The van der Waals surface area contributed by atoms with Crippen molar-refractivity contribution in [3.05, 3.63) is 42.2 Å². The molecular weight excluding hydrogens is 308 g/mol. The van der Waals surface area contributed by atoms with Gasteiger partial charge in [-0.25, -0.2) is 0 Å². The van der Waals surface area contributed by atoms with E-state index in [-0.39, 0.29) is 24.0 Å². The normalized spacial score (nSPS) is 22.0. The largest absolute Gasteiger partial charge is 0.350 e. The molecule has 1 aromatic carbocycles. The number of hydrogen-bond donors (Lipinski definition) is 0. The maximum Gasteiger partial charge on any atom is 0.292 e. The van der Waals surface area contributed by atoms with Crippen LogP contribution in [0.2, 0.25) is 0 Å². The summed E-state index contributed by atoms with van der Waals surface area (Å²) in [5.41, 5.74) is 1.60. The number of ether oxygens (including phenoxy) is 2. The van der Waals surface area contributed by atoms with E-state index in [2.05, 4.69) is 5.16 Å². The number of carbonyl (C=O) groups excluding carboxylic acids is 1. The summed E-state index contributed by atoms with van der Waals surface area (Å²) < 4.78 is 16.6. The van der Waals surface area contributed by atoms with Gasteiger partial charge in [0.2, 0.25) is 5.76 Å². The van der Waals surface area contributed by atoms with E-state index in [1.807, 2.05) is 35.2 Å². The molecule has 2 aliphatic rings. The molecule has 2 fully saturated rings. The number of nitrogens with zero attached hydrogens (tertiary/aromatic N) is 2. The Hall–Kier alpha value is -2.18. The van der Waals surface area contributed by atoms with Crippen molar-refractivity contribution in [2.24, 2.45) is 0 Å². The van der Waals surface area contributed by atoms with Crippen molar-refractivity contribution in [1.29, 1.82) is 0 Å². The summed E-state index contributed by atoms with van der Waals surface area (Å²) in [6.07, 6.45) is 2.61. The molecule has 2 aromatic rings. The van der Waals surface area contributed by atoms with Crippen molar-refractivity contribution in [3.63, 3.8) is 0 Å². The lowest BCUT2D eigenvalue weighted by atomic mass is 10.0. The molecule has 24 heavy (non-hydrogen) atoms. The van der Waals surface area contributed by atoms with Crippen LogP contribution in [0.5, 0.6) is 0 Å². The second-order valence-corrected chi connectivity index (χ2v) is 6.11. The van der Waals surface area contributed by atoms with E-state index in [0.29, 0.717) is 25.5 Å². The first-order chi connectivity index (χ1) is 11.8. The van der Waals surface area contributed by atoms with Gasteiger partial charge in [0.25, 0.3) is 5.91 Å². The molecule has 1 unspecified atom stereocenters. The first-order valence-electron chi connectivity index (χ1n) is 8.39. The van der Waals surface area contributed by atoms with Crippen LogP contribution in [-0.2, 0) is 9.47 Å². The van der Waals surface area contributed by atoms with Gasteiger partial charge in [0.15, 0.2) is 6.29 Å². The Bertz CT molecular complexity index is 694. The van der Waals surface area contributed by atoms with Crippen LogP contribution in [0.25, 0.3) is 11.3 Å². The minimum Gasteiger partial charge on any atom is -0.350 e. The number of hydrogen-bond acceptors (Lipinski definition) is 5. The van der Waals surface area contributed by atoms with Gasteiger partial charge in [0.1, 0.15) is 5.69 Å². The Morgan fingerprint density at radius 1 is 1.12 bits per heavy atom. The number of carbonyl (C=O) groups is 1. The summed E-state index contributed by atoms with van der Waals surface area (Å²) in [4.78, 5) is 14.7. The monoisotopic (exact) mass is 328 g/mol. The van der Waals surface area contributed by atoms with E-state index in [1.165, 1.54) is 0 Å². The Morgan fingerprint density at radius 2 is 1.92 bits per heavy atom. The molecule has 0 aliphatic carbocycles. The van der Waals surface area contributed by atoms with E-state index in [9.17, 15) is 4.79 Å². The molecule has 2 aliphatic heterocycles. The van der Waals surface area contributed by atoms with E-state index in [1.54, 1.807) is 6.07 Å². The minimum absolute atomic E-state index is 0.0565. The van der Waals surface area contributed by atoms with Crippen molar-refractivity contribution < 1.29 is 18.8 Å². The molecule has 6 nitrogen and oxygen atoms in total. The van der Waals surface area contributed by atoms with Crippen LogP contribution in [0.1, 0.15) is 29.8 Å². The predicted molar refractivity (Wildman–Crippen MR) is 86.3 cm³/mol. The smallest absolute Gasteiger partial charge is 0.292 e. The molecule has 0 radical (unpaired) electrons. The first-order valence-corrected chi connectivity index (χ1v) is 8.39. The molecule has 0 N–H and O–H groups in total. The average molecular weight is 328 g/mol. The summed E-state index contributed by atoms with van der Waals surface area (Å²) in [5, 5.41) is 4.04. The van der Waals surface area contributed by atoms with Gasteiger partial charge in [-0.2, -0.15) is 0 Å². The van der Waals surface area contributed by atoms with Crippen LogP contribution in [0.4, 0.5) is 0 Å². The van der Waals surface area contributed by atoms with Crippen molar-refractivity contribution in [2.75, 3.05) is 19.8 Å². The molecule has 0 bridgehead atoms. The highest BCUT2D eigenvalue weighted by Crippen LogP contribution is 2.27. The predicted octanol–water partition coefficient (Wildman–Crippen LogP) is 2.71. The topological polar surface area (TPSA) is 64.8 Å². The van der Waals surface area contributed by atoms with E-state index >= 15 is 0 Å². The molecule has 126 valence electrons. The number of likely N-dealkylation sites (tertiary alicyclic amines) is 1. The van der Waals surface area contributed by atoms with Crippen LogP contribution < -0.4 is 0 Å². The number of amides is 1. The third-order valence-electron chi connectivity index (χ3n) is 4.56. The fourth-order valence-corrected chi connectivity index (χ4v) is 3.35. The fourth-order valence-electron chi connectivity index (χ4n) is 3.35. The van der Waals surface area contributed by atoms with Gasteiger partial charge >= 0.3 is 0 Å². The summed E-state index contributed by atoms with van der Waals surface area (Å²) >= 11 is 0. The van der Waals surface area contributed by atoms with Crippen molar-refractivity contribution in [1.82, 2.24) is 10.1 Å². The third-order valence-corrected chi connectivity index (χ3v) is 4.56. The second-order valence-electron chi connectivity index (χ2n) is 6.11. The van der Waals surface area contributed by atoms with Crippen LogP contribution in [-0.4, -0.2) is 48.1 Å². The fraction of sp³-hybridized carbons (Fsp3) is 0.444. The lowest BCUT2D eigenvalue weighted by Gasteiger charge is -2.37. The van der Waals surface area contributed by atoms with Crippen molar-refractivity contribution in [2.45, 2.75) is 31.6 Å². The van der Waals surface area contributed by atoms with Crippen LogP contribution in [0, 0.1) is 0 Å². The number of rotatable bonds is 3. The molecular formula is C18H20N2O4. The highest BCUT2D eigenvalue weighted by Gasteiger charge is 2.37. The number of benzene rings is 1. The van der Waals surface area contributed by atoms with Crippen molar-refractivity contribution >= 4 is 5.91 Å². The zero-order chi connectivity index (χ0) is 16.4. The Balaban J connectivity index is 1.54. The molecule has 4 rings (SSSR count). The quantitative estimate of drug-likeness (QED) is 0.867. The van der Waals surface area contributed by atoms with Crippen molar-refractivity contribution in [3.8, 4) is 11.3 Å². The van der Waals surface area contributed by atoms with E-state index < -0.39 is 0 Å². The van der Waals surface area contributed by atoms with Crippen LogP contribution >= 0.6 is 0 Å². The standard InChI is InChI=1S/C18H20N2O4/c21-17(16-12-14(19-24-16)13-6-2-1-3-7-13)20-9-5-4-8-15(20)18-22-10-11-23-18/h1-3,6-7,12,15,18H,4-5,8-11H2. The van der Waals surface area contributed by atoms with Gasteiger partial charge in [-0.05, 0) is 19.3 Å². The Labute approximate surface area is 140 Å². The molecule has 2 saturated heterocycles. The van der Waals surface area contributed by atoms with Gasteiger partial charge in [-0.15, -0.1) is 0 Å². The molecule has 0 spiro atoms. The Morgan fingerprint density at radius 3 is 2.71 bits per heavy atom. The molecule has 1 atom stereocenters. The zero-order valence-electron chi connectivity index (χ0n) is 13.4. The number of piperidine rings is 1. The molecule has 3 heterocycles. The summed E-state index contributed by atoms with van der Waals surface area (Å²) in [7, 11) is 0. The lowest BCUT2D eigenvalue weighted by molar-refractivity contribution is -0.101. The highest BCUT2D eigenvalue weighted by molar-refractivity contribution is 5.92. The average Bonchev–Trinajstić information content (AvgIpc) is 3.34. The van der Waals surface area contributed by atoms with E-state index in [4.69, 9.17) is 14.0 Å². The summed E-state index contributed by atoms with van der Waals surface area (Å²) in [6, 6.07) is 11.3. The molecule has 6 heteroatoms. The summed E-state index contributed by atoms with van der Waals surface area (Å²) in [6.45, 7) is 1.86. The first kappa shape index (κ1) is 15.4.